The van der Waals surface area contributed by atoms with Gasteiger partial charge in [-0.15, -0.1) is 0 Å². The van der Waals surface area contributed by atoms with Gasteiger partial charge in [0.25, 0.3) is 5.69 Å². The minimum Gasteiger partial charge on any atom is -0.370 e. The molecule has 0 amide bonds. The first-order chi connectivity index (χ1) is 9.56. The van der Waals surface area contributed by atoms with Crippen LogP contribution in [0.5, 0.6) is 0 Å². The molecule has 5 nitrogen and oxygen atoms in total. The van der Waals surface area contributed by atoms with E-state index in [0.717, 1.165) is 24.8 Å². The molecule has 0 aromatic carbocycles. The van der Waals surface area contributed by atoms with Crippen LogP contribution in [0.15, 0.2) is 12.3 Å². The van der Waals surface area contributed by atoms with Crippen molar-refractivity contribution >= 4 is 11.5 Å². The van der Waals surface area contributed by atoms with Crippen molar-refractivity contribution in [1.29, 1.82) is 0 Å². The molecule has 1 aromatic heterocycles. The molecule has 2 atom stereocenters. The number of hydrogen-bond donors (Lipinski definition) is 1. The van der Waals surface area contributed by atoms with E-state index in [0.29, 0.717) is 11.4 Å². The Kier molecular flexibility index (Phi) is 4.93. The Morgan fingerprint density at radius 1 is 1.50 bits per heavy atom. The first-order valence-electron chi connectivity index (χ1n) is 7.41. The van der Waals surface area contributed by atoms with Crippen molar-refractivity contribution in [3.63, 3.8) is 0 Å². The van der Waals surface area contributed by atoms with E-state index in [1.165, 1.54) is 31.7 Å². The van der Waals surface area contributed by atoms with Crippen LogP contribution in [0.25, 0.3) is 0 Å². The fourth-order valence-electron chi connectivity index (χ4n) is 3.03. The van der Waals surface area contributed by atoms with E-state index in [1.54, 1.807) is 13.1 Å². The fraction of sp³-hybridized carbons (Fsp3) is 0.667. The summed E-state index contributed by atoms with van der Waals surface area (Å²) in [6, 6.07) is 1.53. The van der Waals surface area contributed by atoms with Crippen molar-refractivity contribution in [1.82, 2.24) is 4.98 Å². The number of nitrogens with one attached hydrogen (secondary N) is 1. The van der Waals surface area contributed by atoms with Gasteiger partial charge in [-0.1, -0.05) is 26.2 Å². The zero-order chi connectivity index (χ0) is 14.5. The quantitative estimate of drug-likeness (QED) is 0.654. The van der Waals surface area contributed by atoms with Crippen LogP contribution in [0, 0.1) is 28.9 Å². The van der Waals surface area contributed by atoms with Crippen molar-refractivity contribution in [2.24, 2.45) is 11.8 Å². The zero-order valence-electron chi connectivity index (χ0n) is 12.3. The molecule has 2 unspecified atom stereocenters. The Hall–Kier alpha value is -1.65. The minimum absolute atomic E-state index is 0.133. The van der Waals surface area contributed by atoms with E-state index in [1.807, 2.05) is 0 Å². The summed E-state index contributed by atoms with van der Waals surface area (Å²) in [7, 11) is 0. The molecule has 1 fully saturated rings. The molecule has 1 aromatic rings. The Bertz CT molecular complexity index is 476. The molecule has 1 heterocycles. The molecular formula is C15H23N3O2. The molecule has 0 saturated heterocycles. The normalized spacial score (nSPS) is 22.5. The third-order valence-electron chi connectivity index (χ3n) is 4.18. The summed E-state index contributed by atoms with van der Waals surface area (Å²) in [5.41, 5.74) is 0.732. The average molecular weight is 277 g/mol. The number of hydrogen-bond acceptors (Lipinski definition) is 4. The predicted octanol–water partition coefficient (Wildman–Crippen LogP) is 3.93. The first kappa shape index (κ1) is 14.8. The van der Waals surface area contributed by atoms with E-state index in [9.17, 15) is 10.1 Å². The number of nitrogens with zero attached hydrogens (tertiary/aromatic N) is 2. The topological polar surface area (TPSA) is 68.1 Å². The first-order valence-corrected chi connectivity index (χ1v) is 7.41. The van der Waals surface area contributed by atoms with Gasteiger partial charge in [0.05, 0.1) is 11.0 Å². The highest BCUT2D eigenvalue weighted by Gasteiger charge is 2.18. The standard InChI is InChI=1S/C15H23N3O2/c1-11-4-3-5-13(8-11)6-7-16-15-9-14(18(19)20)12(2)10-17-15/h9-11,13H,3-8H2,1-2H3,(H,16,17). The van der Waals surface area contributed by atoms with Gasteiger partial charge in [0.1, 0.15) is 5.82 Å². The molecular weight excluding hydrogens is 254 g/mol. The lowest BCUT2D eigenvalue weighted by atomic mass is 9.81. The van der Waals surface area contributed by atoms with Crippen molar-refractivity contribution in [2.45, 2.75) is 46.0 Å². The molecule has 0 spiro atoms. The van der Waals surface area contributed by atoms with Gasteiger partial charge < -0.3 is 5.32 Å². The summed E-state index contributed by atoms with van der Waals surface area (Å²) in [5.74, 6) is 2.23. The monoisotopic (exact) mass is 277 g/mol. The largest absolute Gasteiger partial charge is 0.370 e. The fourth-order valence-corrected chi connectivity index (χ4v) is 3.03. The highest BCUT2D eigenvalue weighted by Crippen LogP contribution is 2.30. The molecule has 0 aliphatic heterocycles. The van der Waals surface area contributed by atoms with Crippen molar-refractivity contribution in [2.75, 3.05) is 11.9 Å². The van der Waals surface area contributed by atoms with E-state index in [2.05, 4.69) is 17.2 Å². The maximum Gasteiger partial charge on any atom is 0.277 e. The van der Waals surface area contributed by atoms with Gasteiger partial charge in [-0.3, -0.25) is 10.1 Å². The number of aromatic nitrogens is 1. The molecule has 110 valence electrons. The summed E-state index contributed by atoms with van der Waals surface area (Å²) in [5, 5.41) is 14.1. The van der Waals surface area contributed by atoms with Crippen molar-refractivity contribution < 1.29 is 4.92 Å². The number of pyridine rings is 1. The van der Waals surface area contributed by atoms with Gasteiger partial charge in [0.2, 0.25) is 0 Å². The second-order valence-electron chi connectivity index (χ2n) is 5.97. The maximum absolute atomic E-state index is 10.9. The van der Waals surface area contributed by atoms with Crippen LogP contribution in [0.1, 0.15) is 44.6 Å². The van der Waals surface area contributed by atoms with Crippen LogP contribution >= 0.6 is 0 Å². The van der Waals surface area contributed by atoms with Gasteiger partial charge in [0, 0.05) is 18.3 Å². The third-order valence-corrected chi connectivity index (χ3v) is 4.18. The third kappa shape index (κ3) is 3.92. The summed E-state index contributed by atoms with van der Waals surface area (Å²) >= 11 is 0. The number of rotatable bonds is 5. The molecule has 1 saturated carbocycles. The van der Waals surface area contributed by atoms with Gasteiger partial charge in [0.15, 0.2) is 0 Å². The minimum atomic E-state index is -0.356. The molecule has 0 bridgehead atoms. The molecule has 2 rings (SSSR count). The Morgan fingerprint density at radius 2 is 2.30 bits per heavy atom. The van der Waals surface area contributed by atoms with Crippen LogP contribution in [0.2, 0.25) is 0 Å². The van der Waals surface area contributed by atoms with Crippen molar-refractivity contribution in [3.8, 4) is 0 Å². The van der Waals surface area contributed by atoms with Crippen LogP contribution in [-0.2, 0) is 0 Å². The molecule has 5 heteroatoms. The average Bonchev–Trinajstić information content (AvgIpc) is 2.40. The highest BCUT2D eigenvalue weighted by molar-refractivity contribution is 5.48. The molecule has 1 aliphatic rings. The Morgan fingerprint density at radius 3 is 3.00 bits per heavy atom. The van der Waals surface area contributed by atoms with Crippen LogP contribution < -0.4 is 5.32 Å². The van der Waals surface area contributed by atoms with E-state index in [4.69, 9.17) is 0 Å². The number of aryl methyl sites for hydroxylation is 1. The Balaban J connectivity index is 1.85. The van der Waals surface area contributed by atoms with Gasteiger partial charge in [-0.2, -0.15) is 0 Å². The molecule has 0 radical (unpaired) electrons. The van der Waals surface area contributed by atoms with E-state index < -0.39 is 0 Å². The van der Waals surface area contributed by atoms with E-state index in [-0.39, 0.29) is 10.6 Å². The summed E-state index contributed by atoms with van der Waals surface area (Å²) in [6.07, 6.45) is 7.99. The SMILES string of the molecule is Cc1cnc(NCCC2CCCC(C)C2)cc1[N+](=O)[O-]. The van der Waals surface area contributed by atoms with Crippen LogP contribution in [0.4, 0.5) is 11.5 Å². The second-order valence-corrected chi connectivity index (χ2v) is 5.97. The molecule has 1 aliphatic carbocycles. The maximum atomic E-state index is 10.9. The highest BCUT2D eigenvalue weighted by atomic mass is 16.6. The van der Waals surface area contributed by atoms with Crippen molar-refractivity contribution in [3.05, 3.63) is 27.9 Å². The van der Waals surface area contributed by atoms with E-state index >= 15 is 0 Å². The summed E-state index contributed by atoms with van der Waals surface area (Å²) in [6.45, 7) is 4.87. The lowest BCUT2D eigenvalue weighted by Gasteiger charge is -2.26. The second kappa shape index (κ2) is 6.68. The molecule has 1 N–H and O–H groups in total. The lowest BCUT2D eigenvalue weighted by Crippen LogP contribution is -2.17. The number of anilines is 1. The summed E-state index contributed by atoms with van der Waals surface area (Å²) in [4.78, 5) is 14.7. The number of nitro groups is 1. The van der Waals surface area contributed by atoms with Gasteiger partial charge in [-0.25, -0.2) is 4.98 Å². The summed E-state index contributed by atoms with van der Waals surface area (Å²) < 4.78 is 0. The lowest BCUT2D eigenvalue weighted by molar-refractivity contribution is -0.385. The zero-order valence-corrected chi connectivity index (χ0v) is 12.3. The van der Waals surface area contributed by atoms with Gasteiger partial charge in [-0.05, 0) is 31.6 Å². The Labute approximate surface area is 119 Å². The smallest absolute Gasteiger partial charge is 0.277 e. The molecule has 20 heavy (non-hydrogen) atoms. The predicted molar refractivity (Wildman–Crippen MR) is 79.9 cm³/mol. The van der Waals surface area contributed by atoms with Gasteiger partial charge >= 0.3 is 0 Å². The van der Waals surface area contributed by atoms with Crippen LogP contribution in [-0.4, -0.2) is 16.5 Å². The van der Waals surface area contributed by atoms with Crippen LogP contribution in [0.3, 0.4) is 0 Å².